The van der Waals surface area contributed by atoms with Gasteiger partial charge < -0.3 is 5.32 Å². The maximum atomic E-state index is 6.47. The van der Waals surface area contributed by atoms with E-state index in [1.54, 1.807) is 18.2 Å². The van der Waals surface area contributed by atoms with E-state index in [2.05, 4.69) is 5.32 Å². The maximum Gasteiger partial charge on any atom is 0.265 e. The molecule has 0 aliphatic heterocycles. The Morgan fingerprint density at radius 3 is 1.90 bits per heavy atom. The highest BCUT2D eigenvalue weighted by molar-refractivity contribution is 6.68. The van der Waals surface area contributed by atoms with Gasteiger partial charge in [-0.05, 0) is 23.3 Å². The summed E-state index contributed by atoms with van der Waals surface area (Å²) < 4.78 is -2.76. The van der Waals surface area contributed by atoms with Crippen LogP contribution in [0.4, 0.5) is 5.69 Å². The molecule has 6 heteroatoms. The molecule has 0 saturated carbocycles. The van der Waals surface area contributed by atoms with Crippen LogP contribution in [-0.2, 0) is 4.33 Å². The summed E-state index contributed by atoms with van der Waals surface area (Å²) in [7, 11) is 0. The third kappa shape index (κ3) is 4.09. The van der Waals surface area contributed by atoms with Crippen LogP contribution in [0.15, 0.2) is 54.6 Å². The summed E-state index contributed by atoms with van der Waals surface area (Å²) in [5.41, 5.74) is 2.07. The van der Waals surface area contributed by atoms with Crippen LogP contribution in [0.25, 0.3) is 0 Å². The quantitative estimate of drug-likeness (QED) is 0.509. The van der Waals surface area contributed by atoms with Gasteiger partial charge in [0.15, 0.2) is 4.33 Å². The van der Waals surface area contributed by atoms with Crippen molar-refractivity contribution in [1.29, 1.82) is 0 Å². The minimum atomic E-state index is -1.59. The van der Waals surface area contributed by atoms with Crippen molar-refractivity contribution >= 4 is 63.7 Å². The zero-order valence-corrected chi connectivity index (χ0v) is 13.9. The molecule has 0 saturated heterocycles. The van der Waals surface area contributed by atoms with E-state index >= 15 is 0 Å². The van der Waals surface area contributed by atoms with Crippen LogP contribution in [0.5, 0.6) is 0 Å². The minimum absolute atomic E-state index is 0.615. The van der Waals surface area contributed by atoms with E-state index in [0.717, 1.165) is 5.56 Å². The molecular formula is C14H10Cl5N. The summed E-state index contributed by atoms with van der Waals surface area (Å²) in [5, 5.41) is 2.72. The number of halogens is 5. The van der Waals surface area contributed by atoms with Gasteiger partial charge >= 0.3 is 0 Å². The van der Waals surface area contributed by atoms with E-state index in [0.29, 0.717) is 11.3 Å². The lowest BCUT2D eigenvalue weighted by Crippen LogP contribution is -2.17. The largest absolute Gasteiger partial charge is 0.342 e. The van der Waals surface area contributed by atoms with Gasteiger partial charge in [0.25, 0.3) is 3.92 Å². The third-order valence-corrected chi connectivity index (χ3v) is 3.80. The van der Waals surface area contributed by atoms with Crippen LogP contribution in [0.3, 0.4) is 0 Å². The molecule has 1 nitrogen and oxygen atoms in total. The van der Waals surface area contributed by atoms with Crippen molar-refractivity contribution < 1.29 is 0 Å². The Kier molecular flexibility index (Phi) is 4.99. The summed E-state index contributed by atoms with van der Waals surface area (Å²) >= 11 is 30.1. The van der Waals surface area contributed by atoms with E-state index in [1.807, 2.05) is 36.4 Å². The third-order valence-electron chi connectivity index (χ3n) is 2.65. The van der Waals surface area contributed by atoms with Gasteiger partial charge in [0.1, 0.15) is 0 Å². The number of alkyl halides is 5. The highest BCUT2D eigenvalue weighted by Gasteiger charge is 2.29. The number of anilines is 1. The Hall–Kier alpha value is -0.310. The van der Waals surface area contributed by atoms with Gasteiger partial charge in [-0.25, -0.2) is 0 Å². The Balaban J connectivity index is 2.35. The van der Waals surface area contributed by atoms with Crippen LogP contribution in [0, 0.1) is 0 Å². The molecule has 2 rings (SSSR count). The van der Waals surface area contributed by atoms with Gasteiger partial charge in [-0.15, -0.1) is 0 Å². The second kappa shape index (κ2) is 6.21. The highest BCUT2D eigenvalue weighted by Crippen LogP contribution is 2.41. The molecule has 0 spiro atoms. The molecule has 0 unspecified atom stereocenters. The average Bonchev–Trinajstić information content (AvgIpc) is 2.38. The average molecular weight is 370 g/mol. The first-order valence-corrected chi connectivity index (χ1v) is 7.57. The van der Waals surface area contributed by atoms with E-state index in [4.69, 9.17) is 58.0 Å². The fraction of sp³-hybridized carbons (Fsp3) is 0.143. The molecule has 1 N–H and O–H groups in total. The van der Waals surface area contributed by atoms with Crippen LogP contribution < -0.4 is 5.32 Å². The monoisotopic (exact) mass is 367 g/mol. The molecule has 0 radical (unpaired) electrons. The van der Waals surface area contributed by atoms with Gasteiger partial charge in [0.2, 0.25) is 0 Å². The normalized spacial score (nSPS) is 12.2. The lowest BCUT2D eigenvalue weighted by Gasteiger charge is -2.22. The van der Waals surface area contributed by atoms with Gasteiger partial charge in [0.05, 0.1) is 0 Å². The molecular weight excluding hydrogens is 359 g/mol. The molecule has 2 aromatic carbocycles. The Labute approximate surface area is 142 Å². The lowest BCUT2D eigenvalue weighted by atomic mass is 10.0. The van der Waals surface area contributed by atoms with Crippen molar-refractivity contribution in [3.05, 3.63) is 65.7 Å². The van der Waals surface area contributed by atoms with Crippen molar-refractivity contribution in [1.82, 2.24) is 0 Å². The van der Waals surface area contributed by atoms with Crippen molar-refractivity contribution in [2.45, 2.75) is 8.25 Å². The number of benzene rings is 2. The predicted octanol–water partition coefficient (Wildman–Crippen LogP) is 6.10. The maximum absolute atomic E-state index is 6.47. The SMILES string of the molecule is ClC(Cl)(Cl)Nc1cccc(C(Cl)(Cl)c2ccccc2)c1. The van der Waals surface area contributed by atoms with Crippen LogP contribution in [0.2, 0.25) is 0 Å². The highest BCUT2D eigenvalue weighted by atomic mass is 35.6. The fourth-order valence-corrected chi connectivity index (χ4v) is 2.58. The molecule has 0 aromatic heterocycles. The van der Waals surface area contributed by atoms with Gasteiger partial charge in [-0.1, -0.05) is 100 Å². The summed E-state index contributed by atoms with van der Waals surface area (Å²) in [6.07, 6.45) is 0. The summed E-state index contributed by atoms with van der Waals surface area (Å²) in [4.78, 5) is 0. The second-order valence-corrected chi connectivity index (χ2v) is 7.75. The predicted molar refractivity (Wildman–Crippen MR) is 89.3 cm³/mol. The first-order valence-electron chi connectivity index (χ1n) is 5.68. The first kappa shape index (κ1) is 16.1. The first-order chi connectivity index (χ1) is 9.29. The van der Waals surface area contributed by atoms with E-state index < -0.39 is 8.25 Å². The smallest absolute Gasteiger partial charge is 0.265 e. The zero-order chi connectivity index (χ0) is 14.8. The summed E-state index contributed by atoms with van der Waals surface area (Å²) in [5.74, 6) is 0. The molecule has 0 bridgehead atoms. The number of rotatable bonds is 3. The lowest BCUT2D eigenvalue weighted by molar-refractivity contribution is 1.04. The molecule has 106 valence electrons. The molecule has 20 heavy (non-hydrogen) atoms. The van der Waals surface area contributed by atoms with Gasteiger partial charge in [-0.2, -0.15) is 0 Å². The van der Waals surface area contributed by atoms with Crippen molar-refractivity contribution in [3.63, 3.8) is 0 Å². The van der Waals surface area contributed by atoms with Crippen LogP contribution >= 0.6 is 58.0 Å². The van der Waals surface area contributed by atoms with Crippen LogP contribution in [-0.4, -0.2) is 3.92 Å². The Bertz CT molecular complexity index is 578. The summed E-state index contributed by atoms with van der Waals surface area (Å²) in [6.45, 7) is 0. The molecule has 2 aromatic rings. The molecule has 0 atom stereocenters. The zero-order valence-electron chi connectivity index (χ0n) is 10.1. The standard InChI is InChI=1S/C14H10Cl5N/c15-13(16,10-5-2-1-3-6-10)11-7-4-8-12(9-11)20-14(17,18)19/h1-9,20H. The molecule has 0 aliphatic carbocycles. The van der Waals surface area contributed by atoms with Crippen molar-refractivity contribution in [3.8, 4) is 0 Å². The van der Waals surface area contributed by atoms with Crippen LogP contribution in [0.1, 0.15) is 11.1 Å². The second-order valence-electron chi connectivity index (χ2n) is 4.14. The van der Waals surface area contributed by atoms with Crippen molar-refractivity contribution in [2.75, 3.05) is 5.32 Å². The van der Waals surface area contributed by atoms with E-state index in [1.165, 1.54) is 0 Å². The molecule has 0 amide bonds. The number of hydrogen-bond donors (Lipinski definition) is 1. The minimum Gasteiger partial charge on any atom is -0.342 e. The van der Waals surface area contributed by atoms with Gasteiger partial charge in [-0.3, -0.25) is 0 Å². The number of nitrogens with one attached hydrogen (secondary N) is 1. The summed E-state index contributed by atoms with van der Waals surface area (Å²) in [6, 6.07) is 16.5. The topological polar surface area (TPSA) is 12.0 Å². The van der Waals surface area contributed by atoms with E-state index in [9.17, 15) is 0 Å². The molecule has 0 aliphatic rings. The Morgan fingerprint density at radius 2 is 1.30 bits per heavy atom. The van der Waals surface area contributed by atoms with E-state index in [-0.39, 0.29) is 0 Å². The Morgan fingerprint density at radius 1 is 0.700 bits per heavy atom. The molecule has 0 fully saturated rings. The van der Waals surface area contributed by atoms with Crippen molar-refractivity contribution in [2.24, 2.45) is 0 Å². The van der Waals surface area contributed by atoms with Gasteiger partial charge in [0, 0.05) is 5.69 Å². The fourth-order valence-electron chi connectivity index (χ4n) is 1.77. The molecule has 0 heterocycles. The number of hydrogen-bond acceptors (Lipinski definition) is 1.